The quantitative estimate of drug-likeness (QED) is 0.357. The van der Waals surface area contributed by atoms with E-state index in [1.807, 2.05) is 35.7 Å². The number of anilines is 1. The van der Waals surface area contributed by atoms with Crippen molar-refractivity contribution in [1.82, 2.24) is 24.8 Å². The first-order valence-corrected chi connectivity index (χ1v) is 11.3. The number of benzene rings is 1. The van der Waals surface area contributed by atoms with Gasteiger partial charge in [0.05, 0.1) is 12.0 Å². The van der Waals surface area contributed by atoms with Crippen molar-refractivity contribution in [3.8, 4) is 11.4 Å². The lowest BCUT2D eigenvalue weighted by Crippen LogP contribution is -2.16. The molecule has 2 N–H and O–H groups in total. The molecule has 1 aromatic carbocycles. The first-order chi connectivity index (χ1) is 15.6. The average molecular weight is 451 g/mol. The number of thiazole rings is 1. The summed E-state index contributed by atoms with van der Waals surface area (Å²) in [5.41, 5.74) is 2.67. The van der Waals surface area contributed by atoms with Crippen molar-refractivity contribution in [2.45, 2.75) is 19.6 Å². The van der Waals surface area contributed by atoms with Gasteiger partial charge in [0.2, 0.25) is 0 Å². The Bertz CT molecular complexity index is 1220. The Balaban J connectivity index is 1.51. The van der Waals surface area contributed by atoms with Crippen LogP contribution in [0.15, 0.2) is 52.8 Å². The van der Waals surface area contributed by atoms with Gasteiger partial charge in [0.1, 0.15) is 29.3 Å². The fourth-order valence-electron chi connectivity index (χ4n) is 3.26. The van der Waals surface area contributed by atoms with Crippen LogP contribution in [-0.2, 0) is 18.0 Å². The van der Waals surface area contributed by atoms with E-state index in [4.69, 9.17) is 4.74 Å². The Morgan fingerprint density at radius 3 is 2.78 bits per heavy atom. The number of pyridine rings is 1. The van der Waals surface area contributed by atoms with Crippen molar-refractivity contribution in [2.75, 3.05) is 32.5 Å². The average Bonchev–Trinajstić information content (AvgIpc) is 3.26. The maximum absolute atomic E-state index is 12.6. The highest BCUT2D eigenvalue weighted by molar-refractivity contribution is 7.14. The van der Waals surface area contributed by atoms with E-state index in [9.17, 15) is 4.79 Å². The molecule has 0 saturated carbocycles. The fourth-order valence-corrected chi connectivity index (χ4v) is 3.99. The van der Waals surface area contributed by atoms with E-state index in [1.54, 1.807) is 12.3 Å². The number of hydrogen-bond donors (Lipinski definition) is 2. The minimum atomic E-state index is -0.214. The largest absolute Gasteiger partial charge is 0.369 e. The molecular weight excluding hydrogens is 424 g/mol. The summed E-state index contributed by atoms with van der Waals surface area (Å²) in [5, 5.41) is 6.59. The lowest BCUT2D eigenvalue weighted by Gasteiger charge is -2.09. The first-order valence-electron chi connectivity index (χ1n) is 10.4. The number of rotatable bonds is 10. The molecule has 0 aliphatic heterocycles. The summed E-state index contributed by atoms with van der Waals surface area (Å²) in [6, 6.07) is 11.5. The Hall–Kier alpha value is -3.14. The summed E-state index contributed by atoms with van der Waals surface area (Å²) >= 11 is 1.52. The minimum absolute atomic E-state index is 0.199. The van der Waals surface area contributed by atoms with Gasteiger partial charge in [-0.1, -0.05) is 30.3 Å². The maximum atomic E-state index is 12.6. The second kappa shape index (κ2) is 10.4. The van der Waals surface area contributed by atoms with Crippen molar-refractivity contribution < 1.29 is 4.74 Å². The molecule has 0 spiro atoms. The number of fused-ring (bicyclic) bond motifs is 1. The third kappa shape index (κ3) is 5.56. The summed E-state index contributed by atoms with van der Waals surface area (Å²) in [4.78, 5) is 31.4. The van der Waals surface area contributed by atoms with Crippen LogP contribution in [0.25, 0.3) is 22.3 Å². The number of hydrogen-bond acceptors (Lipinski definition) is 8. The van der Waals surface area contributed by atoms with E-state index < -0.39 is 0 Å². The topological polar surface area (TPSA) is 96.0 Å². The van der Waals surface area contributed by atoms with Gasteiger partial charge in [-0.15, -0.1) is 11.3 Å². The van der Waals surface area contributed by atoms with Crippen LogP contribution in [0.5, 0.6) is 0 Å². The van der Waals surface area contributed by atoms with Gasteiger partial charge in [0.15, 0.2) is 5.13 Å². The van der Waals surface area contributed by atoms with Crippen LogP contribution in [0, 0.1) is 0 Å². The first kappa shape index (κ1) is 22.1. The summed E-state index contributed by atoms with van der Waals surface area (Å²) in [6.07, 6.45) is 2.64. The minimum Gasteiger partial charge on any atom is -0.369 e. The highest BCUT2D eigenvalue weighted by atomic mass is 32.1. The molecule has 0 fully saturated rings. The van der Waals surface area contributed by atoms with Crippen LogP contribution in [-0.4, -0.2) is 52.0 Å². The van der Waals surface area contributed by atoms with Crippen LogP contribution >= 0.6 is 11.3 Å². The molecule has 0 atom stereocenters. The molecular formula is C23H26N6O2S. The standard InChI is InChI=1S/C23H26N6O2S/c1-29(2)12-6-10-25-23-26-18(15-32-23)21-20-17(9-11-24-21)22(30)28-19(27-20)14-31-13-16-7-4-3-5-8-16/h3-5,7-9,11,15H,6,10,12-14H2,1-2H3,(H,25,26)(H,27,28,30). The monoisotopic (exact) mass is 450 g/mol. The molecule has 166 valence electrons. The van der Waals surface area contributed by atoms with Crippen LogP contribution < -0.4 is 10.9 Å². The number of nitrogens with zero attached hydrogens (tertiary/aromatic N) is 4. The highest BCUT2D eigenvalue weighted by Gasteiger charge is 2.14. The third-order valence-electron chi connectivity index (χ3n) is 4.83. The number of ether oxygens (including phenoxy) is 1. The van der Waals surface area contributed by atoms with E-state index in [0.717, 1.165) is 30.2 Å². The van der Waals surface area contributed by atoms with Crippen LogP contribution in [0.3, 0.4) is 0 Å². The predicted molar refractivity (Wildman–Crippen MR) is 128 cm³/mol. The zero-order chi connectivity index (χ0) is 22.3. The highest BCUT2D eigenvalue weighted by Crippen LogP contribution is 2.27. The molecule has 0 bridgehead atoms. The van der Waals surface area contributed by atoms with Crippen LogP contribution in [0.4, 0.5) is 5.13 Å². The molecule has 0 aliphatic carbocycles. The molecule has 32 heavy (non-hydrogen) atoms. The third-order valence-corrected chi connectivity index (χ3v) is 5.63. The van der Waals surface area contributed by atoms with Gasteiger partial charge in [0, 0.05) is 18.1 Å². The molecule has 3 heterocycles. The summed E-state index contributed by atoms with van der Waals surface area (Å²) in [6.45, 7) is 2.49. The van der Waals surface area contributed by atoms with Gasteiger partial charge in [-0.25, -0.2) is 9.97 Å². The zero-order valence-electron chi connectivity index (χ0n) is 18.2. The van der Waals surface area contributed by atoms with E-state index in [0.29, 0.717) is 34.7 Å². The Kier molecular flexibility index (Phi) is 7.21. The lowest BCUT2D eigenvalue weighted by molar-refractivity contribution is 0.102. The van der Waals surface area contributed by atoms with Crippen LogP contribution in [0.1, 0.15) is 17.8 Å². The smallest absolute Gasteiger partial charge is 0.258 e. The molecule has 4 aromatic rings. The Morgan fingerprint density at radius 2 is 1.97 bits per heavy atom. The van der Waals surface area contributed by atoms with E-state index in [1.165, 1.54) is 11.3 Å². The normalized spacial score (nSPS) is 11.3. The summed E-state index contributed by atoms with van der Waals surface area (Å²) < 4.78 is 5.75. The number of nitrogens with one attached hydrogen (secondary N) is 2. The lowest BCUT2D eigenvalue weighted by atomic mass is 10.2. The van der Waals surface area contributed by atoms with E-state index in [2.05, 4.69) is 44.2 Å². The van der Waals surface area contributed by atoms with Crippen molar-refractivity contribution in [3.63, 3.8) is 0 Å². The van der Waals surface area contributed by atoms with Crippen molar-refractivity contribution >= 4 is 27.4 Å². The second-order valence-electron chi connectivity index (χ2n) is 7.67. The van der Waals surface area contributed by atoms with Gasteiger partial charge in [-0.2, -0.15) is 0 Å². The molecule has 0 radical (unpaired) electrons. The van der Waals surface area contributed by atoms with E-state index >= 15 is 0 Å². The Morgan fingerprint density at radius 1 is 1.12 bits per heavy atom. The predicted octanol–water partition coefficient (Wildman–Crippen LogP) is 3.52. The molecule has 3 aromatic heterocycles. The molecule has 0 unspecified atom stereocenters. The molecule has 4 rings (SSSR count). The van der Waals surface area contributed by atoms with Crippen molar-refractivity contribution in [3.05, 3.63) is 69.7 Å². The van der Waals surface area contributed by atoms with Gasteiger partial charge < -0.3 is 19.9 Å². The van der Waals surface area contributed by atoms with Gasteiger partial charge in [-0.05, 0) is 38.7 Å². The van der Waals surface area contributed by atoms with Crippen molar-refractivity contribution in [2.24, 2.45) is 0 Å². The fraction of sp³-hybridized carbons (Fsp3) is 0.304. The van der Waals surface area contributed by atoms with Gasteiger partial charge in [0.25, 0.3) is 5.56 Å². The Labute approximate surface area is 190 Å². The molecule has 9 heteroatoms. The number of aromatic amines is 1. The number of aromatic nitrogens is 4. The molecule has 0 saturated heterocycles. The van der Waals surface area contributed by atoms with E-state index in [-0.39, 0.29) is 12.2 Å². The number of H-pyrrole nitrogens is 1. The van der Waals surface area contributed by atoms with Gasteiger partial charge in [-0.3, -0.25) is 9.78 Å². The van der Waals surface area contributed by atoms with Crippen molar-refractivity contribution in [1.29, 1.82) is 0 Å². The SMILES string of the molecule is CN(C)CCCNc1nc(-c2nccc3c(=O)[nH]c(COCc4ccccc4)nc23)cs1. The molecule has 0 amide bonds. The maximum Gasteiger partial charge on any atom is 0.258 e. The molecule has 8 nitrogen and oxygen atoms in total. The van der Waals surface area contributed by atoms with Crippen LogP contribution in [0.2, 0.25) is 0 Å². The zero-order valence-corrected chi connectivity index (χ0v) is 19.0. The second-order valence-corrected chi connectivity index (χ2v) is 8.53. The molecule has 0 aliphatic rings. The summed E-state index contributed by atoms with van der Waals surface area (Å²) in [7, 11) is 4.12. The van der Waals surface area contributed by atoms with Gasteiger partial charge >= 0.3 is 0 Å². The summed E-state index contributed by atoms with van der Waals surface area (Å²) in [5.74, 6) is 0.463.